The van der Waals surface area contributed by atoms with Gasteiger partial charge < -0.3 is 10.4 Å². The first kappa shape index (κ1) is 9.36. The lowest BCUT2D eigenvalue weighted by molar-refractivity contribution is 0.322. The number of hydrogen-bond acceptors (Lipinski definition) is 3. The molecule has 1 saturated carbocycles. The highest BCUT2D eigenvalue weighted by molar-refractivity contribution is 7.99. The number of nitrogens with one attached hydrogen (secondary N) is 1. The van der Waals surface area contributed by atoms with Crippen molar-refractivity contribution in [2.75, 3.05) is 19.4 Å². The van der Waals surface area contributed by atoms with Crippen LogP contribution in [0.4, 0.5) is 0 Å². The first-order valence-corrected chi connectivity index (χ1v) is 5.31. The number of thioether (sulfide) groups is 1. The molecule has 2 atom stereocenters. The molecule has 0 radical (unpaired) electrons. The Balaban J connectivity index is 2.09. The van der Waals surface area contributed by atoms with Gasteiger partial charge >= 0.3 is 0 Å². The van der Waals surface area contributed by atoms with Crippen molar-refractivity contribution in [1.29, 1.82) is 0 Å². The minimum Gasteiger partial charge on any atom is -0.396 e. The van der Waals surface area contributed by atoms with Crippen LogP contribution in [-0.4, -0.2) is 35.8 Å². The summed E-state index contributed by atoms with van der Waals surface area (Å²) >= 11 is 1.91. The predicted molar refractivity (Wildman–Crippen MR) is 50.0 cm³/mol. The van der Waals surface area contributed by atoms with Gasteiger partial charge in [-0.3, -0.25) is 0 Å². The highest BCUT2D eigenvalue weighted by Crippen LogP contribution is 2.29. The van der Waals surface area contributed by atoms with Crippen molar-refractivity contribution in [3.05, 3.63) is 0 Å². The summed E-state index contributed by atoms with van der Waals surface area (Å²) in [4.78, 5) is 0. The van der Waals surface area contributed by atoms with E-state index < -0.39 is 0 Å². The van der Waals surface area contributed by atoms with Crippen LogP contribution in [0.2, 0.25) is 0 Å². The average Bonchev–Trinajstić information content (AvgIpc) is 2.48. The summed E-state index contributed by atoms with van der Waals surface area (Å²) in [6, 6.07) is 0.728. The molecule has 0 aromatic heterocycles. The van der Waals surface area contributed by atoms with Gasteiger partial charge in [0.2, 0.25) is 0 Å². The maximum atomic E-state index is 8.61. The van der Waals surface area contributed by atoms with Gasteiger partial charge in [-0.05, 0) is 26.3 Å². The Hall–Kier alpha value is 0.270. The molecule has 0 aromatic rings. The Morgan fingerprint density at radius 2 is 2.36 bits per heavy atom. The Labute approximate surface area is 72.8 Å². The molecular weight excluding hydrogens is 158 g/mol. The van der Waals surface area contributed by atoms with Crippen molar-refractivity contribution < 1.29 is 5.11 Å². The van der Waals surface area contributed by atoms with Crippen molar-refractivity contribution in [3.8, 4) is 0 Å². The van der Waals surface area contributed by atoms with Crippen LogP contribution in [0, 0.1) is 0 Å². The summed E-state index contributed by atoms with van der Waals surface area (Å²) < 4.78 is 0. The fourth-order valence-electron chi connectivity index (χ4n) is 1.57. The maximum absolute atomic E-state index is 8.61. The molecule has 0 aromatic carbocycles. The lowest BCUT2D eigenvalue weighted by Crippen LogP contribution is -2.21. The van der Waals surface area contributed by atoms with Crippen LogP contribution in [0.15, 0.2) is 0 Å². The van der Waals surface area contributed by atoms with Gasteiger partial charge in [0.25, 0.3) is 0 Å². The molecule has 2 nitrogen and oxygen atoms in total. The summed E-state index contributed by atoms with van der Waals surface area (Å²) in [6.45, 7) is 0.325. The molecule has 0 bridgehead atoms. The van der Waals surface area contributed by atoms with E-state index in [0.29, 0.717) is 6.61 Å². The van der Waals surface area contributed by atoms with Gasteiger partial charge in [-0.2, -0.15) is 11.8 Å². The van der Waals surface area contributed by atoms with Crippen LogP contribution in [-0.2, 0) is 0 Å². The summed E-state index contributed by atoms with van der Waals surface area (Å²) in [6.07, 6.45) is 3.90. The minimum atomic E-state index is 0.325. The Morgan fingerprint density at radius 3 is 2.91 bits per heavy atom. The maximum Gasteiger partial charge on any atom is 0.0521 e. The summed E-state index contributed by atoms with van der Waals surface area (Å²) in [7, 11) is 2.03. The number of aliphatic hydroxyl groups excluding tert-OH is 1. The molecule has 1 aliphatic carbocycles. The van der Waals surface area contributed by atoms with E-state index in [4.69, 9.17) is 5.11 Å². The molecule has 1 rings (SSSR count). The van der Waals surface area contributed by atoms with Gasteiger partial charge in [0, 0.05) is 17.0 Å². The molecule has 1 fully saturated rings. The zero-order valence-corrected chi connectivity index (χ0v) is 7.86. The molecule has 0 amide bonds. The fourth-order valence-corrected chi connectivity index (χ4v) is 2.68. The fraction of sp³-hybridized carbons (Fsp3) is 1.00. The van der Waals surface area contributed by atoms with E-state index in [1.807, 2.05) is 18.8 Å². The minimum absolute atomic E-state index is 0.325. The van der Waals surface area contributed by atoms with Gasteiger partial charge in [0.05, 0.1) is 6.61 Å². The largest absolute Gasteiger partial charge is 0.396 e. The zero-order chi connectivity index (χ0) is 8.10. The van der Waals surface area contributed by atoms with Gasteiger partial charge in [0.15, 0.2) is 0 Å². The lowest BCUT2D eigenvalue weighted by atomic mass is 10.3. The Morgan fingerprint density at radius 1 is 1.55 bits per heavy atom. The molecule has 11 heavy (non-hydrogen) atoms. The first-order valence-electron chi connectivity index (χ1n) is 4.26. The first-order chi connectivity index (χ1) is 5.36. The van der Waals surface area contributed by atoms with Crippen LogP contribution in [0.5, 0.6) is 0 Å². The molecular formula is C8H17NOS. The molecule has 2 unspecified atom stereocenters. The number of aliphatic hydroxyl groups is 1. The summed E-state index contributed by atoms with van der Waals surface area (Å²) in [5.74, 6) is 0.904. The normalized spacial score (nSPS) is 31.1. The van der Waals surface area contributed by atoms with E-state index in [-0.39, 0.29) is 0 Å². The quantitative estimate of drug-likeness (QED) is 0.664. The predicted octanol–water partition coefficient (Wildman–Crippen LogP) is 0.852. The van der Waals surface area contributed by atoms with Crippen LogP contribution >= 0.6 is 11.8 Å². The van der Waals surface area contributed by atoms with Gasteiger partial charge in [0.1, 0.15) is 0 Å². The SMILES string of the molecule is CNC1CCC(SCCO)C1. The number of hydrogen-bond donors (Lipinski definition) is 2. The van der Waals surface area contributed by atoms with Crippen molar-refractivity contribution >= 4 is 11.8 Å². The Kier molecular flexibility index (Phi) is 4.26. The summed E-state index contributed by atoms with van der Waals surface area (Å²) in [5, 5.41) is 12.7. The smallest absolute Gasteiger partial charge is 0.0521 e. The molecule has 0 spiro atoms. The van der Waals surface area contributed by atoms with Gasteiger partial charge in [-0.25, -0.2) is 0 Å². The summed E-state index contributed by atoms with van der Waals surface area (Å²) in [5.41, 5.74) is 0. The third kappa shape index (κ3) is 3.01. The van der Waals surface area contributed by atoms with E-state index in [1.54, 1.807) is 0 Å². The standard InChI is InChI=1S/C8H17NOS/c1-9-7-2-3-8(6-7)11-5-4-10/h7-10H,2-6H2,1H3. The number of rotatable bonds is 4. The van der Waals surface area contributed by atoms with E-state index in [2.05, 4.69) is 5.32 Å². The van der Waals surface area contributed by atoms with E-state index in [9.17, 15) is 0 Å². The third-order valence-electron chi connectivity index (χ3n) is 2.24. The van der Waals surface area contributed by atoms with Crippen molar-refractivity contribution in [1.82, 2.24) is 5.32 Å². The zero-order valence-electron chi connectivity index (χ0n) is 7.05. The van der Waals surface area contributed by atoms with E-state index in [0.717, 1.165) is 17.0 Å². The molecule has 1 aliphatic rings. The van der Waals surface area contributed by atoms with Crippen LogP contribution in [0.1, 0.15) is 19.3 Å². The van der Waals surface area contributed by atoms with Crippen molar-refractivity contribution in [2.24, 2.45) is 0 Å². The molecule has 3 heteroatoms. The van der Waals surface area contributed by atoms with Crippen molar-refractivity contribution in [3.63, 3.8) is 0 Å². The highest BCUT2D eigenvalue weighted by atomic mass is 32.2. The highest BCUT2D eigenvalue weighted by Gasteiger charge is 2.22. The van der Waals surface area contributed by atoms with Crippen LogP contribution in [0.25, 0.3) is 0 Å². The molecule has 0 saturated heterocycles. The third-order valence-corrected chi connectivity index (χ3v) is 3.56. The van der Waals surface area contributed by atoms with Crippen LogP contribution in [0.3, 0.4) is 0 Å². The van der Waals surface area contributed by atoms with E-state index in [1.165, 1.54) is 19.3 Å². The second kappa shape index (κ2) is 5.01. The average molecular weight is 175 g/mol. The molecule has 0 heterocycles. The Bertz CT molecular complexity index is 110. The molecule has 0 aliphatic heterocycles. The lowest BCUT2D eigenvalue weighted by Gasteiger charge is -2.08. The van der Waals surface area contributed by atoms with Gasteiger partial charge in [-0.1, -0.05) is 0 Å². The monoisotopic (exact) mass is 175 g/mol. The van der Waals surface area contributed by atoms with Gasteiger partial charge in [-0.15, -0.1) is 0 Å². The van der Waals surface area contributed by atoms with E-state index >= 15 is 0 Å². The molecule has 66 valence electrons. The molecule has 2 N–H and O–H groups in total. The second-order valence-corrected chi connectivity index (χ2v) is 4.42. The topological polar surface area (TPSA) is 32.3 Å². The second-order valence-electron chi connectivity index (χ2n) is 3.02. The van der Waals surface area contributed by atoms with Crippen molar-refractivity contribution in [2.45, 2.75) is 30.6 Å². The van der Waals surface area contributed by atoms with Crippen LogP contribution < -0.4 is 5.32 Å².